The average Bonchev–Trinajstić information content (AvgIpc) is 3.51. The Hall–Kier alpha value is -5.93. The van der Waals surface area contributed by atoms with E-state index in [2.05, 4.69) is 6.79 Å². The van der Waals surface area contributed by atoms with Gasteiger partial charge in [-0.25, -0.2) is 0 Å². The fraction of sp³-hybridized carbons (Fsp3) is 0.141. The molecule has 0 aromatic heterocycles. The van der Waals surface area contributed by atoms with Crippen LogP contribution in [-0.4, -0.2) is 6.79 Å². The summed E-state index contributed by atoms with van der Waals surface area (Å²) in [6.07, 6.45) is 0. The molecular weight excluding hydrogens is 1080 g/mol. The summed E-state index contributed by atoms with van der Waals surface area (Å²) in [5.74, 6) is 0. The summed E-state index contributed by atoms with van der Waals surface area (Å²) >= 11 is 0. The Bertz CT molecular complexity index is 2190. The van der Waals surface area contributed by atoms with Crippen molar-refractivity contribution in [1.29, 1.82) is 0 Å². The smallest absolute Gasteiger partial charge is 0.307 e. The second-order valence-electron chi connectivity index (χ2n) is 16.5. The number of rotatable bonds is 27. The van der Waals surface area contributed by atoms with E-state index in [1.807, 2.05) is 273 Å². The van der Waals surface area contributed by atoms with Gasteiger partial charge in [-0.15, -0.1) is 0 Å². The maximum absolute atomic E-state index is 7.50. The van der Waals surface area contributed by atoms with Crippen molar-refractivity contribution in [2.24, 2.45) is 0 Å². The van der Waals surface area contributed by atoms with Crippen molar-refractivity contribution < 1.29 is 62.0 Å². The van der Waals surface area contributed by atoms with E-state index in [0.29, 0.717) is 59.5 Å². The first-order valence-electron chi connectivity index (χ1n) is 24.8. The van der Waals surface area contributed by atoms with Crippen molar-refractivity contribution >= 4 is 32.6 Å². The van der Waals surface area contributed by atoms with E-state index in [4.69, 9.17) is 45.5 Å². The van der Waals surface area contributed by atoms with Gasteiger partial charge in [0.2, 0.25) is 0 Å². The van der Waals surface area contributed by atoms with Crippen LogP contribution in [-0.2, 0) is 121 Å². The van der Waals surface area contributed by atoms with Crippen LogP contribution in [0.1, 0.15) is 50.1 Å². The molecule has 14 heteroatoms. The van der Waals surface area contributed by atoms with Crippen LogP contribution in [0.25, 0.3) is 0 Å². The van der Waals surface area contributed by atoms with Crippen molar-refractivity contribution in [2.75, 3.05) is 0 Å². The molecule has 0 saturated heterocycles. The second kappa shape index (κ2) is 40.3. The predicted molar refractivity (Wildman–Crippen MR) is 308 cm³/mol. The molecule has 0 heterocycles. The summed E-state index contributed by atoms with van der Waals surface area (Å²) in [7, 11) is -4.30. The predicted octanol–water partition coefficient (Wildman–Crippen LogP) is 17.2. The molecule has 9 aromatic carbocycles. The molecule has 9 rings (SSSR count). The molecule has 0 bridgehead atoms. The van der Waals surface area contributed by atoms with E-state index in [9.17, 15) is 0 Å². The first-order valence-corrected chi connectivity index (χ1v) is 28.1. The normalized spacial score (nSPS) is 10.6. The number of hydrogen-bond acceptors (Lipinski definition) is 10. The van der Waals surface area contributed by atoms with E-state index >= 15 is 0 Å². The van der Waals surface area contributed by atoms with Gasteiger partial charge in [0.05, 0.1) is 59.5 Å². The van der Waals surface area contributed by atoms with Gasteiger partial charge in [-0.05, 0) is 50.1 Å². The maximum Gasteiger partial charge on any atom is 0.333 e. The van der Waals surface area contributed by atoms with Crippen molar-refractivity contribution in [3.63, 3.8) is 0 Å². The number of carbonyl (C=O) groups excluding carboxylic acids is 1. The van der Waals surface area contributed by atoms with Crippen LogP contribution in [0, 0.1) is 0 Å². The topological polar surface area (TPSA) is 100 Å². The third kappa shape index (κ3) is 27.1. The minimum atomic E-state index is -1.43. The molecule has 0 aliphatic carbocycles. The fourth-order valence-electron chi connectivity index (χ4n) is 6.65. The first-order chi connectivity index (χ1) is 38.2. The Kier molecular flexibility index (Phi) is 32.5. The molecule has 0 aliphatic heterocycles. The summed E-state index contributed by atoms with van der Waals surface area (Å²) < 4.78 is 53.0. The average molecular weight is 1140 g/mol. The van der Waals surface area contributed by atoms with Gasteiger partial charge in [0.1, 0.15) is 0 Å². The summed E-state index contributed by atoms with van der Waals surface area (Å²) in [6, 6.07) is 90.4. The van der Waals surface area contributed by atoms with Gasteiger partial charge < -0.3 is 40.7 Å². The minimum Gasteiger partial charge on any atom is -0.307 e. The molecule has 0 unspecified atom stereocenters. The summed E-state index contributed by atoms with van der Waals surface area (Å²) in [4.78, 5) is 7.50. The molecule has 0 spiro atoms. The van der Waals surface area contributed by atoms with E-state index in [-0.39, 0.29) is 16.5 Å². The zero-order chi connectivity index (χ0) is 53.5. The summed E-state index contributed by atoms with van der Waals surface area (Å²) in [5.41, 5.74) is 9.89. The molecule has 0 N–H and O–H groups in total. The SMILES string of the molecule is [C]=O.[Ni].c1ccc(COP(OCc2ccccc2)OCc2ccccc2)cc1.c1ccc(COP(OCc2ccccc2)OCc2ccccc2)cc1.c1ccc(COP(OCc2ccccc2)OCc2ccccc2)cc1. The molecule has 0 atom stereocenters. The molecular formula is C64H63NiO10P3. The molecule has 404 valence electrons. The van der Waals surface area contributed by atoms with Crippen molar-refractivity contribution in [1.82, 2.24) is 0 Å². The Morgan fingerprint density at radius 1 is 0.192 bits per heavy atom. The van der Waals surface area contributed by atoms with Crippen LogP contribution in [0.2, 0.25) is 0 Å². The van der Waals surface area contributed by atoms with E-state index in [1.54, 1.807) is 0 Å². The molecule has 0 saturated carbocycles. The van der Waals surface area contributed by atoms with Gasteiger partial charge in [0, 0.05) is 16.5 Å². The molecule has 10 nitrogen and oxygen atoms in total. The van der Waals surface area contributed by atoms with Gasteiger partial charge in [0.25, 0.3) is 6.79 Å². The van der Waals surface area contributed by atoms with Crippen LogP contribution in [0.15, 0.2) is 273 Å². The largest absolute Gasteiger partial charge is 0.333 e. The minimum absolute atomic E-state index is 0. The van der Waals surface area contributed by atoms with Crippen molar-refractivity contribution in [3.8, 4) is 0 Å². The Labute approximate surface area is 474 Å². The standard InChI is InChI=1S/3C21H21O3P.CO.Ni/c3*1-4-10-19(11-5-1)16-22-25(23-17-20-12-6-2-7-13-20)24-18-21-14-8-3-9-15-21;1-2;/h3*1-15H,16-18H2;;. The van der Waals surface area contributed by atoms with Crippen LogP contribution >= 0.6 is 25.8 Å². The third-order valence-electron chi connectivity index (χ3n) is 10.6. The molecule has 0 aliphatic rings. The first kappa shape index (κ1) is 62.9. The van der Waals surface area contributed by atoms with Crippen LogP contribution in [0.5, 0.6) is 0 Å². The Morgan fingerprint density at radius 2 is 0.282 bits per heavy atom. The van der Waals surface area contributed by atoms with Gasteiger partial charge in [-0.2, -0.15) is 0 Å². The number of benzene rings is 9. The van der Waals surface area contributed by atoms with Crippen molar-refractivity contribution in [3.05, 3.63) is 323 Å². The van der Waals surface area contributed by atoms with Gasteiger partial charge >= 0.3 is 25.8 Å². The monoisotopic (exact) mass is 1140 g/mol. The molecule has 9 aromatic rings. The molecule has 2 radical (unpaired) electrons. The van der Waals surface area contributed by atoms with Gasteiger partial charge in [-0.3, -0.25) is 4.79 Å². The van der Waals surface area contributed by atoms with Crippen LogP contribution in [0.3, 0.4) is 0 Å². The quantitative estimate of drug-likeness (QED) is 0.0365. The molecule has 0 amide bonds. The molecule has 0 fully saturated rings. The Balaban J connectivity index is 0.000000211. The zero-order valence-electron chi connectivity index (χ0n) is 43.1. The van der Waals surface area contributed by atoms with E-state index in [1.165, 1.54) is 0 Å². The second-order valence-corrected chi connectivity index (χ2v) is 20.2. The third-order valence-corrected chi connectivity index (χ3v) is 13.7. The van der Waals surface area contributed by atoms with Gasteiger partial charge in [0.15, 0.2) is 0 Å². The molecule has 78 heavy (non-hydrogen) atoms. The van der Waals surface area contributed by atoms with Crippen LogP contribution in [0.4, 0.5) is 0 Å². The summed E-state index contributed by atoms with van der Waals surface area (Å²) in [5, 5.41) is 0. The van der Waals surface area contributed by atoms with Crippen molar-refractivity contribution in [2.45, 2.75) is 59.5 Å². The Morgan fingerprint density at radius 3 is 0.372 bits per heavy atom. The van der Waals surface area contributed by atoms with E-state index < -0.39 is 25.8 Å². The number of hydrogen-bond donors (Lipinski definition) is 0. The van der Waals surface area contributed by atoms with Gasteiger partial charge in [-0.1, -0.05) is 273 Å². The zero-order valence-corrected chi connectivity index (χ0v) is 46.8. The van der Waals surface area contributed by atoms with E-state index in [0.717, 1.165) is 50.1 Å². The van der Waals surface area contributed by atoms with Crippen LogP contribution < -0.4 is 0 Å². The maximum atomic E-state index is 7.50. The fourth-order valence-corrected chi connectivity index (χ4v) is 9.61. The summed E-state index contributed by atoms with van der Waals surface area (Å²) in [6.45, 7) is 8.72.